The maximum absolute atomic E-state index is 13.1. The summed E-state index contributed by atoms with van der Waals surface area (Å²) in [5.74, 6) is 0.162. The molecule has 4 aromatic rings. The Morgan fingerprint density at radius 3 is 2.46 bits per heavy atom. The predicted octanol–water partition coefficient (Wildman–Crippen LogP) is 3.50. The molecule has 2 fully saturated rings. The van der Waals surface area contributed by atoms with Gasteiger partial charge in [0.25, 0.3) is 11.5 Å². The second-order valence-corrected chi connectivity index (χ2v) is 11.0. The van der Waals surface area contributed by atoms with Crippen molar-refractivity contribution in [2.24, 2.45) is 5.41 Å². The quantitative estimate of drug-likeness (QED) is 0.412. The van der Waals surface area contributed by atoms with Crippen LogP contribution in [0.15, 0.2) is 53.3 Å². The molecule has 2 aliphatic rings. The van der Waals surface area contributed by atoms with E-state index in [-0.39, 0.29) is 22.9 Å². The van der Waals surface area contributed by atoms with Crippen molar-refractivity contribution < 1.29 is 9.90 Å². The Morgan fingerprint density at radius 2 is 1.74 bits per heavy atom. The fourth-order valence-corrected chi connectivity index (χ4v) is 6.08. The van der Waals surface area contributed by atoms with E-state index < -0.39 is 5.60 Å². The van der Waals surface area contributed by atoms with E-state index in [1.165, 1.54) is 0 Å². The van der Waals surface area contributed by atoms with E-state index in [1.807, 2.05) is 48.5 Å². The predicted molar refractivity (Wildman–Crippen MR) is 133 cm³/mol. The molecule has 1 amide bonds. The maximum Gasteiger partial charge on any atom is 0.272 e. The standard InChI is InChI=1S/C27H29N5O3/c1-26(2,35)15-32-21-10-6-5-9-20(21)23(31-32)25(34)28-17-13-27(14-17)11-16(12-27)22-18-7-3-4-8-19(18)24(33)30-29-22/h3-10,16-17,35H,11-15H2,1-2H3,(H,28,34)(H,30,33). The Labute approximate surface area is 202 Å². The Morgan fingerprint density at radius 1 is 1.09 bits per heavy atom. The fraction of sp³-hybridized carbons (Fsp3) is 0.407. The molecular formula is C27H29N5O3. The van der Waals surface area contributed by atoms with Gasteiger partial charge in [0.05, 0.1) is 28.7 Å². The van der Waals surface area contributed by atoms with E-state index in [2.05, 4.69) is 20.6 Å². The molecule has 0 bridgehead atoms. The van der Waals surface area contributed by atoms with Crippen LogP contribution < -0.4 is 10.9 Å². The van der Waals surface area contributed by atoms with Crippen molar-refractivity contribution in [2.75, 3.05) is 0 Å². The first-order chi connectivity index (χ1) is 16.7. The van der Waals surface area contributed by atoms with Crippen molar-refractivity contribution >= 4 is 27.6 Å². The Bertz CT molecular complexity index is 1500. The van der Waals surface area contributed by atoms with Crippen molar-refractivity contribution in [1.82, 2.24) is 25.3 Å². The summed E-state index contributed by atoms with van der Waals surface area (Å²) in [5.41, 5.74) is 1.37. The molecule has 8 heteroatoms. The molecule has 0 unspecified atom stereocenters. The molecule has 0 atom stereocenters. The number of fused-ring (bicyclic) bond motifs is 2. The van der Waals surface area contributed by atoms with Crippen molar-refractivity contribution in [3.05, 3.63) is 70.3 Å². The summed E-state index contributed by atoms with van der Waals surface area (Å²) < 4.78 is 1.71. The first-order valence-corrected chi connectivity index (χ1v) is 12.2. The smallest absolute Gasteiger partial charge is 0.272 e. The van der Waals surface area contributed by atoms with Crippen LogP contribution in [0.3, 0.4) is 0 Å². The highest BCUT2D eigenvalue weighted by molar-refractivity contribution is 6.05. The third kappa shape index (κ3) is 3.82. The largest absolute Gasteiger partial charge is 0.389 e. The number of aliphatic hydroxyl groups is 1. The number of para-hydroxylation sites is 1. The number of amides is 1. The van der Waals surface area contributed by atoms with E-state index in [4.69, 9.17) is 0 Å². The number of aromatic amines is 1. The average Bonchev–Trinajstić information content (AvgIpc) is 3.12. The molecule has 6 rings (SSSR count). The lowest BCUT2D eigenvalue weighted by Crippen LogP contribution is -2.55. The van der Waals surface area contributed by atoms with Gasteiger partial charge in [0.15, 0.2) is 5.69 Å². The zero-order chi connectivity index (χ0) is 24.4. The number of H-pyrrole nitrogens is 1. The second kappa shape index (κ2) is 7.75. The van der Waals surface area contributed by atoms with E-state index in [0.29, 0.717) is 23.5 Å². The van der Waals surface area contributed by atoms with Crippen LogP contribution in [0, 0.1) is 5.41 Å². The van der Waals surface area contributed by atoms with Crippen LogP contribution in [0.1, 0.15) is 61.6 Å². The van der Waals surface area contributed by atoms with Crippen LogP contribution in [0.5, 0.6) is 0 Å². The summed E-state index contributed by atoms with van der Waals surface area (Å²) in [6.45, 7) is 3.77. The summed E-state index contributed by atoms with van der Waals surface area (Å²) in [5, 5.41) is 27.4. The number of hydrogen-bond donors (Lipinski definition) is 3. The van der Waals surface area contributed by atoms with Crippen LogP contribution in [-0.4, -0.2) is 42.6 Å². The SMILES string of the molecule is CC(C)(O)Cn1nc(C(=O)NC2CC3(C2)CC(c2n[nH]c(=O)c4ccccc24)C3)c2ccccc21. The summed E-state index contributed by atoms with van der Waals surface area (Å²) in [6, 6.07) is 15.4. The van der Waals surface area contributed by atoms with Gasteiger partial charge in [-0.25, -0.2) is 5.10 Å². The molecule has 2 heterocycles. The number of rotatable bonds is 5. The summed E-state index contributed by atoms with van der Waals surface area (Å²) in [7, 11) is 0. The summed E-state index contributed by atoms with van der Waals surface area (Å²) in [6.07, 6.45) is 3.93. The fourth-order valence-electron chi connectivity index (χ4n) is 6.08. The van der Waals surface area contributed by atoms with Crippen LogP contribution in [-0.2, 0) is 6.54 Å². The third-order valence-corrected chi connectivity index (χ3v) is 7.57. The molecule has 2 aliphatic carbocycles. The first-order valence-electron chi connectivity index (χ1n) is 12.2. The van der Waals surface area contributed by atoms with Gasteiger partial charge in [0.1, 0.15) is 0 Å². The maximum atomic E-state index is 13.1. The molecule has 2 saturated carbocycles. The molecule has 0 aliphatic heterocycles. The minimum Gasteiger partial charge on any atom is -0.389 e. The topological polar surface area (TPSA) is 113 Å². The monoisotopic (exact) mass is 471 g/mol. The van der Waals surface area contributed by atoms with Crippen LogP contribution in [0.25, 0.3) is 21.7 Å². The molecular weight excluding hydrogens is 442 g/mol. The van der Waals surface area contributed by atoms with Gasteiger partial charge in [-0.1, -0.05) is 36.4 Å². The Hall–Kier alpha value is -3.52. The number of benzene rings is 2. The van der Waals surface area contributed by atoms with Crippen molar-refractivity contribution in [2.45, 2.75) is 63.6 Å². The molecule has 8 nitrogen and oxygen atoms in total. The number of nitrogens with zero attached hydrogens (tertiary/aromatic N) is 3. The molecule has 180 valence electrons. The van der Waals surface area contributed by atoms with Crippen LogP contribution in [0.4, 0.5) is 0 Å². The van der Waals surface area contributed by atoms with Gasteiger partial charge < -0.3 is 10.4 Å². The van der Waals surface area contributed by atoms with E-state index in [9.17, 15) is 14.7 Å². The van der Waals surface area contributed by atoms with Gasteiger partial charge in [-0.05, 0) is 57.1 Å². The summed E-state index contributed by atoms with van der Waals surface area (Å²) in [4.78, 5) is 25.2. The number of nitrogens with one attached hydrogen (secondary N) is 2. The molecule has 1 spiro atoms. The van der Waals surface area contributed by atoms with E-state index in [1.54, 1.807) is 18.5 Å². The van der Waals surface area contributed by atoms with Crippen molar-refractivity contribution in [1.29, 1.82) is 0 Å². The van der Waals surface area contributed by atoms with Crippen molar-refractivity contribution in [3.8, 4) is 0 Å². The Balaban J connectivity index is 1.13. The highest BCUT2D eigenvalue weighted by atomic mass is 16.3. The Kier molecular flexibility index (Phi) is 4.86. The molecule has 3 N–H and O–H groups in total. The lowest BCUT2D eigenvalue weighted by atomic mass is 9.49. The average molecular weight is 472 g/mol. The third-order valence-electron chi connectivity index (χ3n) is 7.57. The lowest BCUT2D eigenvalue weighted by molar-refractivity contribution is -0.0197. The van der Waals surface area contributed by atoms with Crippen LogP contribution in [0.2, 0.25) is 0 Å². The van der Waals surface area contributed by atoms with Gasteiger partial charge in [0, 0.05) is 22.7 Å². The van der Waals surface area contributed by atoms with Gasteiger partial charge in [-0.15, -0.1) is 0 Å². The van der Waals surface area contributed by atoms with Gasteiger partial charge in [0.2, 0.25) is 0 Å². The number of hydrogen-bond acceptors (Lipinski definition) is 5. The number of carbonyl (C=O) groups is 1. The van der Waals surface area contributed by atoms with Crippen molar-refractivity contribution in [3.63, 3.8) is 0 Å². The molecule has 35 heavy (non-hydrogen) atoms. The minimum atomic E-state index is -0.935. The van der Waals surface area contributed by atoms with E-state index >= 15 is 0 Å². The van der Waals surface area contributed by atoms with E-state index in [0.717, 1.165) is 47.7 Å². The van der Waals surface area contributed by atoms with Crippen LogP contribution >= 0.6 is 0 Å². The first kappa shape index (κ1) is 22.0. The van der Waals surface area contributed by atoms with Gasteiger partial charge in [-0.3, -0.25) is 14.3 Å². The highest BCUT2D eigenvalue weighted by Crippen LogP contribution is 2.62. The minimum absolute atomic E-state index is 0.127. The number of aromatic nitrogens is 4. The summed E-state index contributed by atoms with van der Waals surface area (Å²) >= 11 is 0. The zero-order valence-electron chi connectivity index (χ0n) is 19.9. The second-order valence-electron chi connectivity index (χ2n) is 11.0. The number of carbonyl (C=O) groups excluding carboxylic acids is 1. The van der Waals surface area contributed by atoms with Gasteiger partial charge >= 0.3 is 0 Å². The zero-order valence-corrected chi connectivity index (χ0v) is 19.9. The molecule has 0 saturated heterocycles. The normalized spacial score (nSPS) is 23.9. The molecule has 2 aromatic carbocycles. The lowest BCUT2D eigenvalue weighted by Gasteiger charge is -2.57. The highest BCUT2D eigenvalue weighted by Gasteiger charge is 2.54. The van der Waals surface area contributed by atoms with Gasteiger partial charge in [-0.2, -0.15) is 10.2 Å². The molecule has 2 aromatic heterocycles. The molecule has 0 radical (unpaired) electrons.